The number of benzene rings is 1. The number of halogens is 2. The molecule has 2 aromatic rings. The summed E-state index contributed by atoms with van der Waals surface area (Å²) >= 11 is 0. The Morgan fingerprint density at radius 3 is 2.64 bits per heavy atom. The minimum atomic E-state index is -0.595. The summed E-state index contributed by atoms with van der Waals surface area (Å²) in [6.07, 6.45) is 2.16. The molecule has 28 heavy (non-hydrogen) atoms. The van der Waals surface area contributed by atoms with Gasteiger partial charge >= 0.3 is 0 Å². The summed E-state index contributed by atoms with van der Waals surface area (Å²) in [5, 5.41) is 12.5. The number of fused-ring (bicyclic) bond motifs is 5. The number of piperazine rings is 1. The third-order valence-electron chi connectivity index (χ3n) is 7.77. The molecule has 148 valence electrons. The molecule has 2 heterocycles. The average Bonchev–Trinajstić information content (AvgIpc) is 3.03. The highest BCUT2D eigenvalue weighted by atomic mass is 19.1. The van der Waals surface area contributed by atoms with Gasteiger partial charge in [0.25, 0.3) is 0 Å². The molecule has 5 rings (SSSR count). The molecule has 2 fully saturated rings. The molecular weight excluding hydrogens is 358 g/mol. The Hall–Kier alpha value is -1.92. The first-order valence-electron chi connectivity index (χ1n) is 10.1. The lowest BCUT2D eigenvalue weighted by Gasteiger charge is -2.49. The van der Waals surface area contributed by atoms with Gasteiger partial charge in [0, 0.05) is 31.1 Å². The standard InChI is InChI=1S/C22H26F2N4/c1-21(2)14-7-8-22(21,18-12-25-9-10-28(18)3)20-13(14)11-17(26-27-20)19-15(23)5-4-6-16(19)24/h4-6,11,14,18,25H,7-10,12H2,1-3H3/t14-,18-,22?/m0/s1. The first-order chi connectivity index (χ1) is 13.4. The number of hydrogen-bond acceptors (Lipinski definition) is 4. The van der Waals surface area contributed by atoms with Crippen molar-refractivity contribution in [1.82, 2.24) is 20.4 Å². The SMILES string of the molecule is CN1CCNC[C@H]1C12CC[C@@H](c3cc(-c4c(F)cccc4F)nnc31)C2(C)C. The maximum absolute atomic E-state index is 14.3. The summed E-state index contributed by atoms with van der Waals surface area (Å²) in [7, 11) is 2.19. The van der Waals surface area contributed by atoms with Crippen molar-refractivity contribution in [3.63, 3.8) is 0 Å². The predicted molar refractivity (Wildman–Crippen MR) is 104 cm³/mol. The van der Waals surface area contributed by atoms with E-state index < -0.39 is 11.6 Å². The number of likely N-dealkylation sites (N-methyl/N-ethyl adjacent to an activating group) is 1. The van der Waals surface area contributed by atoms with E-state index in [1.165, 1.54) is 18.2 Å². The molecule has 1 N–H and O–H groups in total. The van der Waals surface area contributed by atoms with Crippen molar-refractivity contribution in [1.29, 1.82) is 0 Å². The molecule has 0 radical (unpaired) electrons. The third kappa shape index (κ3) is 2.16. The molecule has 1 aliphatic heterocycles. The maximum Gasteiger partial charge on any atom is 0.135 e. The molecule has 1 aromatic carbocycles. The smallest absolute Gasteiger partial charge is 0.135 e. The fraction of sp³-hybridized carbons (Fsp3) is 0.545. The van der Waals surface area contributed by atoms with Crippen LogP contribution in [-0.4, -0.2) is 47.8 Å². The van der Waals surface area contributed by atoms with E-state index in [9.17, 15) is 8.78 Å². The summed E-state index contributed by atoms with van der Waals surface area (Å²) in [5.74, 6) is -0.855. The van der Waals surface area contributed by atoms with Crippen molar-refractivity contribution in [2.45, 2.75) is 44.1 Å². The monoisotopic (exact) mass is 384 g/mol. The van der Waals surface area contributed by atoms with Gasteiger partial charge in [-0.05, 0) is 55.0 Å². The molecule has 4 nitrogen and oxygen atoms in total. The molecule has 6 heteroatoms. The summed E-state index contributed by atoms with van der Waals surface area (Å²) < 4.78 is 28.6. The van der Waals surface area contributed by atoms with Gasteiger partial charge in [-0.3, -0.25) is 4.90 Å². The normalized spacial score (nSPS) is 31.2. The zero-order chi connectivity index (χ0) is 19.7. The summed E-state index contributed by atoms with van der Waals surface area (Å²) in [6.45, 7) is 7.60. The second-order valence-electron chi connectivity index (χ2n) is 9.12. The number of hydrogen-bond donors (Lipinski definition) is 1. The van der Waals surface area contributed by atoms with E-state index in [-0.39, 0.29) is 16.4 Å². The Balaban J connectivity index is 1.67. The van der Waals surface area contributed by atoms with Crippen LogP contribution in [0.5, 0.6) is 0 Å². The van der Waals surface area contributed by atoms with Gasteiger partial charge in [0.2, 0.25) is 0 Å². The van der Waals surface area contributed by atoms with Crippen LogP contribution in [0.1, 0.15) is 43.9 Å². The molecule has 1 saturated heterocycles. The molecule has 2 bridgehead atoms. The summed E-state index contributed by atoms with van der Waals surface area (Å²) in [4.78, 5) is 2.45. The second-order valence-corrected chi connectivity index (χ2v) is 9.12. The van der Waals surface area contributed by atoms with E-state index in [0.717, 1.165) is 43.7 Å². The molecule has 3 atom stereocenters. The Morgan fingerprint density at radius 1 is 1.18 bits per heavy atom. The van der Waals surface area contributed by atoms with Crippen LogP contribution in [-0.2, 0) is 5.41 Å². The first kappa shape index (κ1) is 18.1. The van der Waals surface area contributed by atoms with E-state index in [4.69, 9.17) is 0 Å². The van der Waals surface area contributed by atoms with Crippen molar-refractivity contribution in [3.05, 3.63) is 47.2 Å². The lowest BCUT2D eigenvalue weighted by molar-refractivity contribution is 0.0546. The van der Waals surface area contributed by atoms with E-state index in [1.807, 2.05) is 6.07 Å². The van der Waals surface area contributed by atoms with Crippen LogP contribution in [0, 0.1) is 17.0 Å². The molecule has 2 aliphatic carbocycles. The minimum Gasteiger partial charge on any atom is -0.314 e. The van der Waals surface area contributed by atoms with Crippen LogP contribution in [0.15, 0.2) is 24.3 Å². The Labute approximate surface area is 164 Å². The first-order valence-corrected chi connectivity index (χ1v) is 10.1. The van der Waals surface area contributed by atoms with Gasteiger partial charge in [0.15, 0.2) is 0 Å². The van der Waals surface area contributed by atoms with Crippen molar-refractivity contribution in [2.75, 3.05) is 26.7 Å². The van der Waals surface area contributed by atoms with Crippen LogP contribution in [0.2, 0.25) is 0 Å². The summed E-state index contributed by atoms with van der Waals surface area (Å²) in [5.41, 5.74) is 2.31. The van der Waals surface area contributed by atoms with Crippen molar-refractivity contribution < 1.29 is 8.78 Å². The Kier molecular flexibility index (Phi) is 3.91. The molecule has 1 aromatic heterocycles. The fourth-order valence-corrected chi connectivity index (χ4v) is 6.33. The number of nitrogens with one attached hydrogen (secondary N) is 1. The Morgan fingerprint density at radius 2 is 1.93 bits per heavy atom. The van der Waals surface area contributed by atoms with Gasteiger partial charge in [0.05, 0.1) is 17.0 Å². The van der Waals surface area contributed by atoms with Gasteiger partial charge in [-0.15, -0.1) is 0 Å². The highest BCUT2D eigenvalue weighted by Gasteiger charge is 2.67. The zero-order valence-corrected chi connectivity index (χ0v) is 16.6. The van der Waals surface area contributed by atoms with Crippen molar-refractivity contribution in [3.8, 4) is 11.3 Å². The van der Waals surface area contributed by atoms with E-state index in [2.05, 4.69) is 41.3 Å². The van der Waals surface area contributed by atoms with Gasteiger partial charge in [-0.25, -0.2) is 8.78 Å². The van der Waals surface area contributed by atoms with Crippen LogP contribution in [0.25, 0.3) is 11.3 Å². The molecule has 0 spiro atoms. The second kappa shape index (κ2) is 6.04. The predicted octanol–water partition coefficient (Wildman–Crippen LogP) is 3.48. The number of aromatic nitrogens is 2. The zero-order valence-electron chi connectivity index (χ0n) is 16.6. The fourth-order valence-electron chi connectivity index (χ4n) is 6.33. The van der Waals surface area contributed by atoms with Gasteiger partial charge in [-0.1, -0.05) is 19.9 Å². The topological polar surface area (TPSA) is 41.0 Å². The largest absolute Gasteiger partial charge is 0.314 e. The van der Waals surface area contributed by atoms with Crippen molar-refractivity contribution in [2.24, 2.45) is 5.41 Å². The van der Waals surface area contributed by atoms with E-state index in [0.29, 0.717) is 17.7 Å². The van der Waals surface area contributed by atoms with Gasteiger partial charge in [0.1, 0.15) is 11.6 Å². The summed E-state index contributed by atoms with van der Waals surface area (Å²) in [6, 6.07) is 6.16. The molecular formula is C22H26F2N4. The van der Waals surface area contributed by atoms with Crippen LogP contribution < -0.4 is 5.32 Å². The molecule has 3 aliphatic rings. The van der Waals surface area contributed by atoms with Crippen LogP contribution in [0.3, 0.4) is 0 Å². The Bertz CT molecular complexity index is 924. The third-order valence-corrected chi connectivity index (χ3v) is 7.77. The molecule has 1 saturated carbocycles. The number of nitrogens with zero attached hydrogens (tertiary/aromatic N) is 3. The van der Waals surface area contributed by atoms with Crippen LogP contribution >= 0.6 is 0 Å². The lowest BCUT2D eigenvalue weighted by Crippen LogP contribution is -2.61. The van der Waals surface area contributed by atoms with Crippen molar-refractivity contribution >= 4 is 0 Å². The van der Waals surface area contributed by atoms with E-state index in [1.54, 1.807) is 0 Å². The van der Waals surface area contributed by atoms with E-state index >= 15 is 0 Å². The van der Waals surface area contributed by atoms with Gasteiger partial charge < -0.3 is 5.32 Å². The molecule has 1 unspecified atom stereocenters. The highest BCUT2D eigenvalue weighted by Crippen LogP contribution is 2.69. The highest BCUT2D eigenvalue weighted by molar-refractivity contribution is 5.63. The molecule has 0 amide bonds. The van der Waals surface area contributed by atoms with Crippen LogP contribution in [0.4, 0.5) is 8.78 Å². The lowest BCUT2D eigenvalue weighted by atomic mass is 9.63. The van der Waals surface area contributed by atoms with Gasteiger partial charge in [-0.2, -0.15) is 10.2 Å². The maximum atomic E-state index is 14.3. The quantitative estimate of drug-likeness (QED) is 0.861. The average molecular weight is 384 g/mol. The minimum absolute atomic E-state index is 0.0222. The number of rotatable bonds is 2.